The Bertz CT molecular complexity index is 1090. The summed E-state index contributed by atoms with van der Waals surface area (Å²) in [7, 11) is 3.25. The van der Waals surface area contributed by atoms with Crippen LogP contribution >= 0.6 is 0 Å². The van der Waals surface area contributed by atoms with Crippen molar-refractivity contribution in [1.82, 2.24) is 24.8 Å². The molecule has 3 heterocycles. The van der Waals surface area contributed by atoms with Crippen molar-refractivity contribution in [3.05, 3.63) is 42.0 Å². The molecular weight excluding hydrogens is 410 g/mol. The topological polar surface area (TPSA) is 95.5 Å². The van der Waals surface area contributed by atoms with Gasteiger partial charge in [-0.05, 0) is 31.0 Å². The zero-order chi connectivity index (χ0) is 22.1. The third-order valence-corrected chi connectivity index (χ3v) is 6.54. The minimum Gasteiger partial charge on any atom is -0.493 e. The molecule has 9 heteroatoms. The zero-order valence-corrected chi connectivity index (χ0v) is 18.4. The van der Waals surface area contributed by atoms with Gasteiger partial charge in [0.2, 0.25) is 5.91 Å². The summed E-state index contributed by atoms with van der Waals surface area (Å²) in [5, 5.41) is 12.7. The van der Waals surface area contributed by atoms with Crippen LogP contribution in [-0.2, 0) is 17.8 Å². The molecule has 1 saturated carbocycles. The number of ether oxygens (including phenoxy) is 2. The van der Waals surface area contributed by atoms with E-state index in [0.29, 0.717) is 30.9 Å². The predicted octanol–water partition coefficient (Wildman–Crippen LogP) is 3.41. The van der Waals surface area contributed by atoms with Crippen LogP contribution in [0.5, 0.6) is 11.5 Å². The second-order valence-electron chi connectivity index (χ2n) is 8.30. The molecule has 0 radical (unpaired) electrons. The van der Waals surface area contributed by atoms with E-state index < -0.39 is 0 Å². The van der Waals surface area contributed by atoms with Crippen LogP contribution in [0.15, 0.2) is 35.0 Å². The lowest BCUT2D eigenvalue weighted by Gasteiger charge is -2.44. The fraction of sp³-hybridized carbons (Fsp3) is 0.478. The number of carbonyl (C=O) groups excluding carboxylic acids is 1. The largest absolute Gasteiger partial charge is 0.493 e. The molecule has 2 aliphatic rings. The van der Waals surface area contributed by atoms with Gasteiger partial charge in [0.1, 0.15) is 5.76 Å². The molecule has 2 atom stereocenters. The Labute approximate surface area is 186 Å². The third kappa shape index (κ3) is 3.61. The lowest BCUT2D eigenvalue weighted by Crippen LogP contribution is -2.50. The molecule has 0 bridgehead atoms. The van der Waals surface area contributed by atoms with E-state index in [1.807, 2.05) is 23.1 Å². The fourth-order valence-electron chi connectivity index (χ4n) is 5.00. The molecular formula is C23H27N5O4. The van der Waals surface area contributed by atoms with Crippen LogP contribution in [0.25, 0.3) is 11.4 Å². The predicted molar refractivity (Wildman–Crippen MR) is 115 cm³/mol. The van der Waals surface area contributed by atoms with Crippen molar-refractivity contribution < 1.29 is 18.8 Å². The van der Waals surface area contributed by atoms with Crippen molar-refractivity contribution in [2.24, 2.45) is 0 Å². The van der Waals surface area contributed by atoms with E-state index in [1.54, 1.807) is 26.5 Å². The van der Waals surface area contributed by atoms with Gasteiger partial charge in [0.25, 0.3) is 0 Å². The number of hydrogen-bond acceptors (Lipinski definition) is 7. The van der Waals surface area contributed by atoms with E-state index in [1.165, 1.54) is 0 Å². The highest BCUT2D eigenvalue weighted by Crippen LogP contribution is 2.41. The molecule has 9 nitrogen and oxygen atoms in total. The Hall–Kier alpha value is -3.36. The monoisotopic (exact) mass is 437 g/mol. The molecule has 2 aromatic heterocycles. The van der Waals surface area contributed by atoms with E-state index in [2.05, 4.69) is 19.9 Å². The average molecular weight is 438 g/mol. The van der Waals surface area contributed by atoms with Crippen LogP contribution in [0.2, 0.25) is 0 Å². The van der Waals surface area contributed by atoms with Gasteiger partial charge in [-0.2, -0.15) is 0 Å². The summed E-state index contributed by atoms with van der Waals surface area (Å²) < 4.78 is 18.3. The van der Waals surface area contributed by atoms with Crippen LogP contribution in [0, 0.1) is 0 Å². The Morgan fingerprint density at radius 2 is 1.91 bits per heavy atom. The van der Waals surface area contributed by atoms with Gasteiger partial charge >= 0.3 is 0 Å². The average Bonchev–Trinajstić information content (AvgIpc) is 3.51. The summed E-state index contributed by atoms with van der Waals surface area (Å²) in [6.45, 7) is 0.469. The molecule has 0 N–H and O–H groups in total. The van der Waals surface area contributed by atoms with Gasteiger partial charge in [-0.25, -0.2) is 0 Å². The molecule has 168 valence electrons. The van der Waals surface area contributed by atoms with E-state index >= 15 is 0 Å². The number of nitrogens with zero attached hydrogens (tertiary/aromatic N) is 5. The van der Waals surface area contributed by atoms with Gasteiger partial charge in [0.05, 0.1) is 39.0 Å². The number of carbonyl (C=O) groups is 1. The number of methoxy groups -OCH3 is 2. The summed E-state index contributed by atoms with van der Waals surface area (Å²) >= 11 is 0. The van der Waals surface area contributed by atoms with E-state index in [9.17, 15) is 4.79 Å². The molecule has 1 aromatic carbocycles. The van der Waals surface area contributed by atoms with Gasteiger partial charge in [-0.3, -0.25) is 4.79 Å². The second kappa shape index (κ2) is 8.64. The minimum atomic E-state index is 0.125. The first-order chi connectivity index (χ1) is 15.7. The molecule has 32 heavy (non-hydrogen) atoms. The molecule has 1 aliphatic heterocycles. The number of fused-ring (bicyclic) bond motifs is 3. The number of aromatic nitrogens is 4. The van der Waals surface area contributed by atoms with E-state index in [0.717, 1.165) is 48.7 Å². The molecule has 0 spiro atoms. The molecule has 1 aliphatic carbocycles. The maximum Gasteiger partial charge on any atom is 0.223 e. The fourth-order valence-corrected chi connectivity index (χ4v) is 5.00. The first-order valence-corrected chi connectivity index (χ1v) is 11.0. The van der Waals surface area contributed by atoms with Crippen molar-refractivity contribution in [3.63, 3.8) is 0 Å². The first kappa shape index (κ1) is 20.5. The Morgan fingerprint density at radius 3 is 2.66 bits per heavy atom. The Balaban J connectivity index is 1.45. The standard InChI is InChI=1S/C23H27N5O4/c1-30-19-9-7-15(13-20(19)31-2)23-26-25-21-14-27(17-5-3-4-6-18(17)28(21)23)22(29)10-8-16-11-12-24-32-16/h7,9,11-13,17-18H,3-6,8,10,14H2,1-2H3/t17-,18-/m0/s1. The first-order valence-electron chi connectivity index (χ1n) is 11.0. The maximum atomic E-state index is 13.2. The molecule has 1 fully saturated rings. The van der Waals surface area contributed by atoms with Crippen molar-refractivity contribution in [1.29, 1.82) is 0 Å². The molecule has 3 aromatic rings. The molecule has 0 unspecified atom stereocenters. The van der Waals surface area contributed by atoms with Crippen LogP contribution in [-0.4, -0.2) is 51.0 Å². The van der Waals surface area contributed by atoms with Gasteiger partial charge in [-0.15, -0.1) is 10.2 Å². The number of benzene rings is 1. The third-order valence-electron chi connectivity index (χ3n) is 6.54. The molecule has 0 saturated heterocycles. The van der Waals surface area contributed by atoms with Gasteiger partial charge < -0.3 is 23.5 Å². The lowest BCUT2D eigenvalue weighted by atomic mass is 9.86. The van der Waals surface area contributed by atoms with Crippen LogP contribution < -0.4 is 9.47 Å². The number of hydrogen-bond donors (Lipinski definition) is 0. The van der Waals surface area contributed by atoms with Crippen LogP contribution in [0.1, 0.15) is 49.7 Å². The summed E-state index contributed by atoms with van der Waals surface area (Å²) in [5.74, 6) is 3.82. The van der Waals surface area contributed by atoms with Gasteiger partial charge in [0, 0.05) is 24.5 Å². The van der Waals surface area contributed by atoms with Crippen molar-refractivity contribution in [3.8, 4) is 22.9 Å². The van der Waals surface area contributed by atoms with E-state index in [-0.39, 0.29) is 18.0 Å². The highest BCUT2D eigenvalue weighted by atomic mass is 16.5. The Morgan fingerprint density at radius 1 is 1.09 bits per heavy atom. The summed E-state index contributed by atoms with van der Waals surface area (Å²) in [6, 6.07) is 7.91. The van der Waals surface area contributed by atoms with Crippen molar-refractivity contribution >= 4 is 5.91 Å². The summed E-state index contributed by atoms with van der Waals surface area (Å²) in [5.41, 5.74) is 0.927. The minimum absolute atomic E-state index is 0.125. The quantitative estimate of drug-likeness (QED) is 0.583. The maximum absolute atomic E-state index is 13.2. The highest BCUT2D eigenvalue weighted by Gasteiger charge is 2.41. The summed E-state index contributed by atoms with van der Waals surface area (Å²) in [6.07, 6.45) is 6.80. The Kier molecular flexibility index (Phi) is 5.55. The zero-order valence-electron chi connectivity index (χ0n) is 18.4. The number of amides is 1. The molecule has 5 rings (SSSR count). The second-order valence-corrected chi connectivity index (χ2v) is 8.30. The van der Waals surface area contributed by atoms with Crippen LogP contribution in [0.4, 0.5) is 0 Å². The SMILES string of the molecule is COc1ccc(-c2nnc3n2[C@H]2CCCC[C@@H]2N(C(=O)CCc2ccno2)C3)cc1OC. The van der Waals surface area contributed by atoms with E-state index in [4.69, 9.17) is 14.0 Å². The normalized spacial score (nSPS) is 19.9. The number of rotatable bonds is 6. The van der Waals surface area contributed by atoms with Crippen molar-refractivity contribution in [2.45, 2.75) is 57.2 Å². The van der Waals surface area contributed by atoms with Gasteiger partial charge in [-0.1, -0.05) is 18.0 Å². The van der Waals surface area contributed by atoms with Crippen LogP contribution in [0.3, 0.4) is 0 Å². The number of aryl methyl sites for hydroxylation is 1. The van der Waals surface area contributed by atoms with Gasteiger partial charge in [0.15, 0.2) is 23.1 Å². The van der Waals surface area contributed by atoms with Crippen molar-refractivity contribution in [2.75, 3.05) is 14.2 Å². The highest BCUT2D eigenvalue weighted by molar-refractivity contribution is 5.77. The smallest absolute Gasteiger partial charge is 0.223 e. The lowest BCUT2D eigenvalue weighted by molar-refractivity contribution is -0.137. The summed E-state index contributed by atoms with van der Waals surface area (Å²) in [4.78, 5) is 15.2. The molecule has 1 amide bonds.